The normalized spacial score (nSPS) is 13.1. The smallest absolute Gasteiger partial charge is 0.329 e. The van der Waals surface area contributed by atoms with E-state index in [0.29, 0.717) is 5.75 Å². The van der Waals surface area contributed by atoms with Crippen LogP contribution in [0.3, 0.4) is 0 Å². The number of methoxy groups -OCH3 is 1. The number of rotatable bonds is 5. The van der Waals surface area contributed by atoms with Gasteiger partial charge in [0.25, 0.3) is 0 Å². The van der Waals surface area contributed by atoms with Crippen LogP contribution in [0.25, 0.3) is 0 Å². The fourth-order valence-electron chi connectivity index (χ4n) is 1.80. The van der Waals surface area contributed by atoms with Crippen molar-refractivity contribution in [2.24, 2.45) is 0 Å². The van der Waals surface area contributed by atoms with Gasteiger partial charge < -0.3 is 14.6 Å². The van der Waals surface area contributed by atoms with Gasteiger partial charge in [0.1, 0.15) is 12.4 Å². The first-order valence-electron chi connectivity index (χ1n) is 6.27. The van der Waals surface area contributed by atoms with Gasteiger partial charge in [-0.25, -0.2) is 4.79 Å². The number of hydrogen-bond donors (Lipinski definition) is 1. The van der Waals surface area contributed by atoms with Crippen LogP contribution in [0.4, 0.5) is 0 Å². The molecule has 1 unspecified atom stereocenters. The van der Waals surface area contributed by atoms with Crippen LogP contribution < -0.4 is 4.74 Å². The van der Waals surface area contributed by atoms with Crippen LogP contribution in [-0.4, -0.2) is 24.8 Å². The van der Waals surface area contributed by atoms with Crippen LogP contribution in [0.5, 0.6) is 5.75 Å². The predicted molar refractivity (Wildman–Crippen MR) is 73.7 cm³/mol. The standard InChI is InChI=1S/C15H22O4/c1-10(19-9-14(16)17)12-8-11(15(2,3)4)6-7-13(12)18-5/h6-8,10H,9H2,1-5H3,(H,16,17). The first kappa shape index (κ1) is 15.5. The summed E-state index contributed by atoms with van der Waals surface area (Å²) in [5.41, 5.74) is 2.05. The highest BCUT2D eigenvalue weighted by molar-refractivity contribution is 5.68. The zero-order chi connectivity index (χ0) is 14.6. The van der Waals surface area contributed by atoms with Crippen molar-refractivity contribution in [3.8, 4) is 5.75 Å². The van der Waals surface area contributed by atoms with Gasteiger partial charge in [-0.05, 0) is 30.0 Å². The van der Waals surface area contributed by atoms with Crippen molar-refractivity contribution in [1.29, 1.82) is 0 Å². The molecule has 1 N–H and O–H groups in total. The molecule has 0 aliphatic heterocycles. The second kappa shape index (κ2) is 6.06. The van der Waals surface area contributed by atoms with Gasteiger partial charge in [0.2, 0.25) is 0 Å². The zero-order valence-corrected chi connectivity index (χ0v) is 12.2. The molecule has 0 amide bonds. The van der Waals surface area contributed by atoms with E-state index < -0.39 is 5.97 Å². The Kier molecular flexibility index (Phi) is 4.95. The third-order valence-corrected chi connectivity index (χ3v) is 2.99. The molecular formula is C15H22O4. The molecule has 0 saturated heterocycles. The van der Waals surface area contributed by atoms with Crippen molar-refractivity contribution in [3.63, 3.8) is 0 Å². The number of carboxylic acids is 1. The topological polar surface area (TPSA) is 55.8 Å². The van der Waals surface area contributed by atoms with Crippen molar-refractivity contribution in [3.05, 3.63) is 29.3 Å². The average molecular weight is 266 g/mol. The molecule has 0 aliphatic rings. The molecule has 1 atom stereocenters. The summed E-state index contributed by atoms with van der Waals surface area (Å²) < 4.78 is 10.6. The Morgan fingerprint density at radius 2 is 2.00 bits per heavy atom. The molecule has 1 rings (SSSR count). The van der Waals surface area contributed by atoms with Crippen LogP contribution in [0.2, 0.25) is 0 Å². The molecule has 0 aliphatic carbocycles. The van der Waals surface area contributed by atoms with Gasteiger partial charge in [-0.1, -0.05) is 26.8 Å². The molecule has 0 bridgehead atoms. The lowest BCUT2D eigenvalue weighted by atomic mass is 9.85. The van der Waals surface area contributed by atoms with Gasteiger partial charge in [-0.2, -0.15) is 0 Å². The third kappa shape index (κ3) is 4.24. The van der Waals surface area contributed by atoms with Crippen molar-refractivity contribution >= 4 is 5.97 Å². The molecule has 4 heteroatoms. The van der Waals surface area contributed by atoms with E-state index in [9.17, 15) is 4.79 Å². The van der Waals surface area contributed by atoms with Crippen molar-refractivity contribution < 1.29 is 19.4 Å². The van der Waals surface area contributed by atoms with E-state index in [0.717, 1.165) is 11.1 Å². The number of carboxylic acid groups (broad SMARTS) is 1. The van der Waals surface area contributed by atoms with Crippen LogP contribution in [0, 0.1) is 0 Å². The highest BCUT2D eigenvalue weighted by atomic mass is 16.5. The van der Waals surface area contributed by atoms with Gasteiger partial charge in [0.05, 0.1) is 13.2 Å². The van der Waals surface area contributed by atoms with Crippen LogP contribution in [-0.2, 0) is 14.9 Å². The van der Waals surface area contributed by atoms with Crippen molar-refractivity contribution in [2.75, 3.05) is 13.7 Å². The van der Waals surface area contributed by atoms with Crippen LogP contribution >= 0.6 is 0 Å². The molecule has 4 nitrogen and oxygen atoms in total. The molecule has 0 saturated carbocycles. The van der Waals surface area contributed by atoms with E-state index in [2.05, 4.69) is 20.8 Å². The van der Waals surface area contributed by atoms with E-state index in [1.807, 2.05) is 25.1 Å². The number of hydrogen-bond acceptors (Lipinski definition) is 3. The molecule has 106 valence electrons. The SMILES string of the molecule is COc1ccc(C(C)(C)C)cc1C(C)OCC(=O)O. The lowest BCUT2D eigenvalue weighted by Crippen LogP contribution is -2.14. The highest BCUT2D eigenvalue weighted by Crippen LogP contribution is 2.32. The zero-order valence-electron chi connectivity index (χ0n) is 12.2. The molecule has 0 fully saturated rings. The summed E-state index contributed by atoms with van der Waals surface area (Å²) in [6.07, 6.45) is -0.326. The summed E-state index contributed by atoms with van der Waals surface area (Å²) in [6.45, 7) is 7.89. The summed E-state index contributed by atoms with van der Waals surface area (Å²) in [5, 5.41) is 8.66. The van der Waals surface area contributed by atoms with Crippen LogP contribution in [0.15, 0.2) is 18.2 Å². The predicted octanol–water partition coefficient (Wildman–Crippen LogP) is 3.15. The summed E-state index contributed by atoms with van der Waals surface area (Å²) in [6, 6.07) is 5.94. The second-order valence-corrected chi connectivity index (χ2v) is 5.55. The quantitative estimate of drug-likeness (QED) is 0.889. The van der Waals surface area contributed by atoms with Crippen molar-refractivity contribution in [2.45, 2.75) is 39.2 Å². The molecule has 0 heterocycles. The summed E-state index contributed by atoms with van der Waals surface area (Å²) >= 11 is 0. The molecule has 0 radical (unpaired) electrons. The van der Waals surface area contributed by atoms with E-state index in [1.54, 1.807) is 7.11 Å². The Hall–Kier alpha value is -1.55. The molecule has 1 aromatic carbocycles. The first-order valence-corrected chi connectivity index (χ1v) is 6.27. The minimum atomic E-state index is -0.974. The monoisotopic (exact) mass is 266 g/mol. The highest BCUT2D eigenvalue weighted by Gasteiger charge is 2.19. The molecular weight excluding hydrogens is 244 g/mol. The van der Waals surface area contributed by atoms with E-state index >= 15 is 0 Å². The third-order valence-electron chi connectivity index (χ3n) is 2.99. The molecule has 1 aromatic rings. The van der Waals surface area contributed by atoms with Gasteiger partial charge in [0, 0.05) is 5.56 Å². The fourth-order valence-corrected chi connectivity index (χ4v) is 1.80. The van der Waals surface area contributed by atoms with Gasteiger partial charge in [-0.3, -0.25) is 0 Å². The Labute approximate surface area is 114 Å². The minimum absolute atomic E-state index is 0.0214. The second-order valence-electron chi connectivity index (χ2n) is 5.55. The van der Waals surface area contributed by atoms with Crippen LogP contribution in [0.1, 0.15) is 44.9 Å². The van der Waals surface area contributed by atoms with E-state index in [4.69, 9.17) is 14.6 Å². The number of ether oxygens (including phenoxy) is 2. The maximum atomic E-state index is 10.6. The lowest BCUT2D eigenvalue weighted by molar-refractivity contribution is -0.144. The van der Waals surface area contributed by atoms with E-state index in [1.165, 1.54) is 0 Å². The lowest BCUT2D eigenvalue weighted by Gasteiger charge is -2.23. The maximum absolute atomic E-state index is 10.6. The fraction of sp³-hybridized carbons (Fsp3) is 0.533. The molecule has 0 aromatic heterocycles. The Morgan fingerprint density at radius 3 is 2.47 bits per heavy atom. The maximum Gasteiger partial charge on any atom is 0.329 e. The number of aliphatic carboxylic acids is 1. The van der Waals surface area contributed by atoms with E-state index in [-0.39, 0.29) is 18.1 Å². The average Bonchev–Trinajstić information content (AvgIpc) is 2.33. The van der Waals surface area contributed by atoms with Gasteiger partial charge >= 0.3 is 5.97 Å². The Bertz CT molecular complexity index is 446. The number of carbonyl (C=O) groups is 1. The minimum Gasteiger partial charge on any atom is -0.496 e. The van der Waals surface area contributed by atoms with Crippen molar-refractivity contribution in [1.82, 2.24) is 0 Å². The van der Waals surface area contributed by atoms with Gasteiger partial charge in [-0.15, -0.1) is 0 Å². The first-order chi connectivity index (χ1) is 8.75. The summed E-state index contributed by atoms with van der Waals surface area (Å²) in [4.78, 5) is 10.6. The molecule has 19 heavy (non-hydrogen) atoms. The Balaban J connectivity index is 3.05. The largest absolute Gasteiger partial charge is 0.496 e. The summed E-state index contributed by atoms with van der Waals surface area (Å²) in [7, 11) is 1.60. The molecule has 0 spiro atoms. The Morgan fingerprint density at radius 1 is 1.37 bits per heavy atom. The summed E-state index contributed by atoms with van der Waals surface area (Å²) in [5.74, 6) is -0.260. The van der Waals surface area contributed by atoms with Gasteiger partial charge in [0.15, 0.2) is 0 Å². The number of benzene rings is 1.